The fraction of sp³-hybridized carbons (Fsp3) is 0.0159. The third-order valence-electron chi connectivity index (χ3n) is 14.3. The zero-order chi connectivity index (χ0) is 42.6. The average molecular weight is 842 g/mol. The van der Waals surface area contributed by atoms with Crippen molar-refractivity contribution in [3.05, 3.63) is 259 Å². The Morgan fingerprint density at radius 3 is 1.60 bits per heavy atom. The molecule has 0 unspecified atom stereocenters. The lowest BCUT2D eigenvalue weighted by atomic mass is 9.70. The molecule has 2 aliphatic rings. The van der Waals surface area contributed by atoms with Crippen molar-refractivity contribution in [2.24, 2.45) is 0 Å². The summed E-state index contributed by atoms with van der Waals surface area (Å²) in [6.07, 6.45) is 0. The number of rotatable bonds is 5. The van der Waals surface area contributed by atoms with Gasteiger partial charge in [0.05, 0.1) is 11.1 Å². The largest absolute Gasteiger partial charge is 0.310 e. The van der Waals surface area contributed by atoms with Gasteiger partial charge in [-0.25, -0.2) is 0 Å². The van der Waals surface area contributed by atoms with Crippen LogP contribution < -0.4 is 4.90 Å². The summed E-state index contributed by atoms with van der Waals surface area (Å²) >= 11 is 1.88. The van der Waals surface area contributed by atoms with Crippen LogP contribution in [-0.4, -0.2) is 0 Å². The van der Waals surface area contributed by atoms with E-state index in [1.54, 1.807) is 0 Å². The van der Waals surface area contributed by atoms with Crippen LogP contribution in [0.25, 0.3) is 86.2 Å². The molecule has 11 aromatic carbocycles. The highest BCUT2D eigenvalue weighted by Gasteiger charge is 2.51. The van der Waals surface area contributed by atoms with Crippen molar-refractivity contribution >= 4 is 70.1 Å². The molecule has 0 fully saturated rings. The van der Waals surface area contributed by atoms with Crippen molar-refractivity contribution in [2.45, 2.75) is 5.41 Å². The fourth-order valence-electron chi connectivity index (χ4n) is 11.5. The van der Waals surface area contributed by atoms with E-state index < -0.39 is 5.41 Å². The maximum Gasteiger partial charge on any atom is 0.0726 e. The second-order valence-corrected chi connectivity index (χ2v) is 18.6. The van der Waals surface area contributed by atoms with Gasteiger partial charge in [-0.1, -0.05) is 194 Å². The normalized spacial score (nSPS) is 13.0. The monoisotopic (exact) mass is 841 g/mol. The molecule has 0 amide bonds. The summed E-state index contributed by atoms with van der Waals surface area (Å²) in [5, 5.41) is 7.52. The van der Waals surface area contributed by atoms with Crippen molar-refractivity contribution < 1.29 is 0 Å². The minimum absolute atomic E-state index is 0.460. The van der Waals surface area contributed by atoms with Crippen LogP contribution in [0.15, 0.2) is 237 Å². The second kappa shape index (κ2) is 14.0. The van der Waals surface area contributed by atoms with Gasteiger partial charge in [0.25, 0.3) is 0 Å². The molecule has 0 saturated carbocycles. The minimum atomic E-state index is -0.460. The van der Waals surface area contributed by atoms with Crippen molar-refractivity contribution in [3.63, 3.8) is 0 Å². The lowest BCUT2D eigenvalue weighted by Gasteiger charge is -2.33. The molecule has 0 saturated heterocycles. The standard InChI is InChI=1S/C63H39NS/c1-2-16-44-38-45(33-32-40(44)14-1)64(46-34-35-52-51-21-7-11-26-56(51)63(57(52)39-46)54-24-9-5-19-49(54)50-20-6-10-25-55(50)63)58-36-37-60-62(53-22-8-12-27-59(53)65-60)61(58)43-30-28-42(29-31-43)48-23-13-17-41-15-3-4-18-47(41)48/h1-39H. The summed E-state index contributed by atoms with van der Waals surface area (Å²) < 4.78 is 2.57. The first-order chi connectivity index (χ1) is 32.2. The molecule has 2 heteroatoms. The third kappa shape index (κ3) is 5.20. The quantitative estimate of drug-likeness (QED) is 0.167. The maximum absolute atomic E-state index is 2.54. The van der Waals surface area contributed by atoms with Crippen LogP contribution in [-0.2, 0) is 5.41 Å². The van der Waals surface area contributed by atoms with Crippen LogP contribution in [0.2, 0.25) is 0 Å². The first kappa shape index (κ1) is 36.4. The molecule has 2 aliphatic carbocycles. The predicted molar refractivity (Wildman–Crippen MR) is 276 cm³/mol. The Hall–Kier alpha value is -8.04. The Morgan fingerprint density at radius 1 is 0.323 bits per heavy atom. The van der Waals surface area contributed by atoms with Crippen molar-refractivity contribution in [3.8, 4) is 44.5 Å². The highest BCUT2D eigenvalue weighted by Crippen LogP contribution is 2.63. The van der Waals surface area contributed by atoms with Gasteiger partial charge in [-0.2, -0.15) is 0 Å². The average Bonchev–Trinajstić information content (AvgIpc) is 4.00. The SMILES string of the molecule is c1ccc2c(c1)-c1ccccc1C21c2ccccc2-c2ccc(N(c3ccc4ccccc4c3)c3ccc4sc5ccccc5c4c3-c3ccc(-c4cccc5ccccc45)cc3)cc21. The summed E-state index contributed by atoms with van der Waals surface area (Å²) in [6, 6.07) is 88.5. The van der Waals surface area contributed by atoms with Gasteiger partial charge in [-0.3, -0.25) is 0 Å². The van der Waals surface area contributed by atoms with Gasteiger partial charge in [0.2, 0.25) is 0 Å². The molecule has 0 atom stereocenters. The van der Waals surface area contributed by atoms with E-state index in [9.17, 15) is 0 Å². The molecule has 12 aromatic rings. The molecule has 0 radical (unpaired) electrons. The Kier molecular flexibility index (Phi) is 7.84. The van der Waals surface area contributed by atoms with E-state index in [4.69, 9.17) is 0 Å². The van der Waals surface area contributed by atoms with Gasteiger partial charge in [0.15, 0.2) is 0 Å². The number of nitrogens with zero attached hydrogens (tertiary/aromatic N) is 1. The van der Waals surface area contributed by atoms with Gasteiger partial charge in [0, 0.05) is 37.1 Å². The van der Waals surface area contributed by atoms with Gasteiger partial charge < -0.3 is 4.90 Å². The first-order valence-corrected chi connectivity index (χ1v) is 23.3. The summed E-state index contributed by atoms with van der Waals surface area (Å²) in [5.41, 5.74) is 18.4. The lowest BCUT2D eigenvalue weighted by molar-refractivity contribution is 0.793. The first-order valence-electron chi connectivity index (χ1n) is 22.5. The van der Waals surface area contributed by atoms with E-state index in [0.29, 0.717) is 0 Å². The zero-order valence-electron chi connectivity index (χ0n) is 35.4. The van der Waals surface area contributed by atoms with Gasteiger partial charge in [-0.15, -0.1) is 11.3 Å². The summed E-state index contributed by atoms with van der Waals surface area (Å²) in [4.78, 5) is 2.54. The van der Waals surface area contributed by atoms with Crippen LogP contribution in [0.3, 0.4) is 0 Å². The molecule has 0 aliphatic heterocycles. The smallest absolute Gasteiger partial charge is 0.0726 e. The molecule has 1 aromatic heterocycles. The topological polar surface area (TPSA) is 3.24 Å². The Balaban J connectivity index is 1.05. The fourth-order valence-corrected chi connectivity index (χ4v) is 12.7. The highest BCUT2D eigenvalue weighted by atomic mass is 32.1. The molecular formula is C63H39NS. The molecule has 302 valence electrons. The highest BCUT2D eigenvalue weighted by molar-refractivity contribution is 7.26. The van der Waals surface area contributed by atoms with Crippen LogP contribution >= 0.6 is 11.3 Å². The number of benzene rings is 11. The van der Waals surface area contributed by atoms with Crippen LogP contribution in [0.5, 0.6) is 0 Å². The number of anilines is 3. The van der Waals surface area contributed by atoms with E-state index >= 15 is 0 Å². The van der Waals surface area contributed by atoms with E-state index in [-0.39, 0.29) is 0 Å². The summed E-state index contributed by atoms with van der Waals surface area (Å²) in [6.45, 7) is 0. The number of hydrogen-bond donors (Lipinski definition) is 0. The molecule has 14 rings (SSSR count). The number of fused-ring (bicyclic) bond motifs is 15. The molecule has 0 N–H and O–H groups in total. The van der Waals surface area contributed by atoms with Crippen molar-refractivity contribution in [1.29, 1.82) is 0 Å². The molecular weight excluding hydrogens is 803 g/mol. The predicted octanol–water partition coefficient (Wildman–Crippen LogP) is 17.5. The van der Waals surface area contributed by atoms with Gasteiger partial charge in [0.1, 0.15) is 0 Å². The van der Waals surface area contributed by atoms with E-state index in [1.807, 2.05) is 11.3 Å². The summed E-state index contributed by atoms with van der Waals surface area (Å²) in [5.74, 6) is 0. The Morgan fingerprint density at radius 2 is 0.862 bits per heavy atom. The Labute approximate surface area is 381 Å². The van der Waals surface area contributed by atoms with Gasteiger partial charge >= 0.3 is 0 Å². The van der Waals surface area contributed by atoms with Crippen LogP contribution in [0.1, 0.15) is 22.3 Å². The van der Waals surface area contributed by atoms with E-state index in [2.05, 4.69) is 241 Å². The molecule has 1 spiro atoms. The molecule has 1 nitrogen and oxygen atoms in total. The summed E-state index contributed by atoms with van der Waals surface area (Å²) in [7, 11) is 0. The molecule has 1 heterocycles. The van der Waals surface area contributed by atoms with Crippen molar-refractivity contribution in [1.82, 2.24) is 0 Å². The van der Waals surface area contributed by atoms with E-state index in [1.165, 1.54) is 108 Å². The maximum atomic E-state index is 2.54. The zero-order valence-corrected chi connectivity index (χ0v) is 36.2. The molecule has 0 bridgehead atoms. The van der Waals surface area contributed by atoms with Gasteiger partial charge in [-0.05, 0) is 125 Å². The van der Waals surface area contributed by atoms with Crippen LogP contribution in [0.4, 0.5) is 17.1 Å². The van der Waals surface area contributed by atoms with E-state index in [0.717, 1.165) is 17.1 Å². The minimum Gasteiger partial charge on any atom is -0.310 e. The second-order valence-electron chi connectivity index (χ2n) is 17.5. The Bertz CT molecular complexity index is 3840. The third-order valence-corrected chi connectivity index (χ3v) is 15.4. The lowest BCUT2D eigenvalue weighted by Crippen LogP contribution is -2.26. The van der Waals surface area contributed by atoms with Crippen LogP contribution in [0, 0.1) is 0 Å². The molecule has 65 heavy (non-hydrogen) atoms. The number of thiophene rings is 1. The number of hydrogen-bond acceptors (Lipinski definition) is 2. The van der Waals surface area contributed by atoms with Crippen molar-refractivity contribution in [2.75, 3.05) is 4.90 Å².